The first-order valence-electron chi connectivity index (χ1n) is 20.9. The molecule has 0 N–H and O–H groups in total. The summed E-state index contributed by atoms with van der Waals surface area (Å²) < 4.78 is 0. The number of benzene rings is 8. The van der Waals surface area contributed by atoms with E-state index < -0.39 is 0 Å². The van der Waals surface area contributed by atoms with Gasteiger partial charge in [0.25, 0.3) is 6.71 Å². The fourth-order valence-corrected chi connectivity index (χ4v) is 9.21. The van der Waals surface area contributed by atoms with Crippen molar-refractivity contribution in [2.75, 3.05) is 19.6 Å². The van der Waals surface area contributed by atoms with Crippen molar-refractivity contribution in [2.45, 2.75) is 13.8 Å². The number of anilines is 12. The molecule has 0 fully saturated rings. The van der Waals surface area contributed by atoms with E-state index in [9.17, 15) is 0 Å². The molecule has 0 saturated carbocycles. The number of fused-ring (bicyclic) bond motifs is 4. The Labute approximate surface area is 358 Å². The van der Waals surface area contributed by atoms with Crippen LogP contribution in [0.2, 0.25) is 0 Å². The van der Waals surface area contributed by atoms with Gasteiger partial charge in [-0.25, -0.2) is 0 Å². The van der Waals surface area contributed by atoms with E-state index in [0.717, 1.165) is 56.9 Å². The van der Waals surface area contributed by atoms with Crippen molar-refractivity contribution < 1.29 is 0 Å². The van der Waals surface area contributed by atoms with Crippen molar-refractivity contribution in [1.29, 1.82) is 0 Å². The molecule has 9 aromatic carbocycles. The van der Waals surface area contributed by atoms with Gasteiger partial charge in [0.05, 0.1) is 5.69 Å². The zero-order valence-corrected chi connectivity index (χ0v) is 34.1. The van der Waals surface area contributed by atoms with E-state index in [1.54, 1.807) is 0 Å². The summed E-state index contributed by atoms with van der Waals surface area (Å²) in [6, 6.07) is 83.3. The molecule has 288 valence electrons. The van der Waals surface area contributed by atoms with Crippen molar-refractivity contribution in [2.24, 2.45) is 0 Å². The highest BCUT2D eigenvalue weighted by atomic mass is 15.2. The Morgan fingerprint density at radius 1 is 0.393 bits per heavy atom. The van der Waals surface area contributed by atoms with Gasteiger partial charge in [-0.1, -0.05) is 120 Å². The molecule has 2 heterocycles. The smallest absolute Gasteiger partial charge is 0.252 e. The number of para-hydroxylation sites is 3. The second-order valence-corrected chi connectivity index (χ2v) is 15.8. The summed E-state index contributed by atoms with van der Waals surface area (Å²) in [4.78, 5) is 9.58. The average molecular weight is 781 g/mol. The summed E-state index contributed by atoms with van der Waals surface area (Å²) in [6.45, 7) is 4.27. The fourth-order valence-electron chi connectivity index (χ4n) is 9.21. The lowest BCUT2D eigenvalue weighted by molar-refractivity contribution is 1.23. The fraction of sp³-hybridized carbons (Fsp3) is 0.0357. The van der Waals surface area contributed by atoms with Gasteiger partial charge in [-0.15, -0.1) is 0 Å². The Morgan fingerprint density at radius 3 is 1.31 bits per heavy atom. The van der Waals surface area contributed by atoms with Crippen molar-refractivity contribution in [1.82, 2.24) is 0 Å². The number of rotatable bonds is 8. The molecule has 0 bridgehead atoms. The van der Waals surface area contributed by atoms with E-state index >= 15 is 0 Å². The summed E-state index contributed by atoms with van der Waals surface area (Å²) >= 11 is 0. The number of nitrogens with zero attached hydrogens (tertiary/aromatic N) is 4. The van der Waals surface area contributed by atoms with Gasteiger partial charge in [0.15, 0.2) is 0 Å². The van der Waals surface area contributed by atoms with Gasteiger partial charge in [0, 0.05) is 62.6 Å². The molecule has 0 aromatic heterocycles. The van der Waals surface area contributed by atoms with Crippen LogP contribution in [0, 0.1) is 26.0 Å². The number of hydrogen-bond acceptors (Lipinski definition) is 4. The Morgan fingerprint density at radius 2 is 0.852 bits per heavy atom. The summed E-state index contributed by atoms with van der Waals surface area (Å²) in [5.74, 6) is 0. The third kappa shape index (κ3) is 6.29. The quantitative estimate of drug-likeness (QED) is 0.142. The van der Waals surface area contributed by atoms with Crippen LogP contribution in [0.3, 0.4) is 0 Å². The Kier molecular flexibility index (Phi) is 8.91. The van der Waals surface area contributed by atoms with Crippen LogP contribution in [0.4, 0.5) is 68.2 Å². The highest BCUT2D eigenvalue weighted by Gasteiger charge is 2.43. The molecule has 0 radical (unpaired) electrons. The van der Waals surface area contributed by atoms with Gasteiger partial charge >= 0.3 is 0 Å². The minimum Gasteiger partial charge on any atom is -0.311 e. The zero-order valence-electron chi connectivity index (χ0n) is 34.1. The molecule has 11 rings (SSSR count). The van der Waals surface area contributed by atoms with E-state index in [4.69, 9.17) is 0 Å². The largest absolute Gasteiger partial charge is 0.311 e. The van der Waals surface area contributed by atoms with Gasteiger partial charge < -0.3 is 19.6 Å². The third-order valence-corrected chi connectivity index (χ3v) is 12.0. The molecule has 9 aromatic rings. The molecule has 0 saturated heterocycles. The first kappa shape index (κ1) is 36.2. The molecule has 2 aliphatic heterocycles. The number of hydrogen-bond donors (Lipinski definition) is 0. The molecular weight excluding hydrogens is 739 g/mol. The molecule has 5 heteroatoms. The Balaban J connectivity index is 1.17. The van der Waals surface area contributed by atoms with E-state index in [2.05, 4.69) is 246 Å². The van der Waals surface area contributed by atoms with Crippen molar-refractivity contribution in [3.05, 3.63) is 236 Å². The predicted octanol–water partition coefficient (Wildman–Crippen LogP) is 12.9. The van der Waals surface area contributed by atoms with E-state index in [0.29, 0.717) is 0 Å². The third-order valence-electron chi connectivity index (χ3n) is 12.0. The van der Waals surface area contributed by atoms with Crippen molar-refractivity contribution >= 4 is 91.3 Å². The minimum absolute atomic E-state index is 0.0357. The highest BCUT2D eigenvalue weighted by molar-refractivity contribution is 7.00. The molecule has 4 nitrogen and oxygen atoms in total. The van der Waals surface area contributed by atoms with Gasteiger partial charge in [-0.3, -0.25) is 0 Å². The topological polar surface area (TPSA) is 13.0 Å². The summed E-state index contributed by atoms with van der Waals surface area (Å²) in [6.07, 6.45) is 0. The molecule has 0 amide bonds. The predicted molar refractivity (Wildman–Crippen MR) is 257 cm³/mol. The van der Waals surface area contributed by atoms with Gasteiger partial charge in [-0.2, -0.15) is 0 Å². The Hall–Kier alpha value is -7.94. The summed E-state index contributed by atoms with van der Waals surface area (Å²) in [5, 5.41) is 0. The molecule has 0 aliphatic carbocycles. The first-order chi connectivity index (χ1) is 30.1. The monoisotopic (exact) mass is 780 g/mol. The van der Waals surface area contributed by atoms with Crippen LogP contribution in [-0.2, 0) is 0 Å². The lowest BCUT2D eigenvalue weighted by Crippen LogP contribution is -2.61. The molecule has 0 spiro atoms. The van der Waals surface area contributed by atoms with Crippen LogP contribution in [0.1, 0.15) is 11.1 Å². The molecule has 61 heavy (non-hydrogen) atoms. The molecular formula is C56H41BN4. The Bertz CT molecular complexity index is 2710. The van der Waals surface area contributed by atoms with Gasteiger partial charge in [0.2, 0.25) is 0 Å². The van der Waals surface area contributed by atoms with Crippen LogP contribution in [-0.4, -0.2) is 6.71 Å². The van der Waals surface area contributed by atoms with E-state index in [1.165, 1.54) is 38.9 Å². The summed E-state index contributed by atoms with van der Waals surface area (Å²) in [7, 11) is 0. The SMILES string of the molecule is Cc1ccc(N2c3cc(N(c4c#cccc4)c4ccccc4)ccc3B3c4ccc(N(c5ccccc5)c5ccccc5)cc4N(c4ccc(C)cc4)c4cccc2c43)cc1. The maximum Gasteiger partial charge on any atom is 0.252 e. The lowest BCUT2D eigenvalue weighted by atomic mass is 9.33. The van der Waals surface area contributed by atoms with Crippen LogP contribution in [0.15, 0.2) is 212 Å². The maximum absolute atomic E-state index is 3.40. The first-order valence-corrected chi connectivity index (χ1v) is 20.9. The normalized spacial score (nSPS) is 12.2. The van der Waals surface area contributed by atoms with Crippen LogP contribution in [0.5, 0.6) is 0 Å². The van der Waals surface area contributed by atoms with Gasteiger partial charge in [0.1, 0.15) is 0 Å². The molecule has 0 unspecified atom stereocenters. The van der Waals surface area contributed by atoms with Crippen molar-refractivity contribution in [3.8, 4) is 0 Å². The second-order valence-electron chi connectivity index (χ2n) is 15.8. The van der Waals surface area contributed by atoms with Gasteiger partial charge in [-0.05, 0) is 145 Å². The van der Waals surface area contributed by atoms with Crippen LogP contribution in [0.25, 0.3) is 0 Å². The standard InChI is InChI=1S/C56H41BN4/c1-40-26-30-46(31-27-40)60-52-24-15-25-53-56(52)57(50-36-34-48(38-54(50)60)58(42-16-7-3-8-17-42)43-18-9-4-10-19-43)51-37-35-49(39-55(51)61(53)47-32-28-41(2)29-33-47)59(44-20-11-5-12-21-44)45-22-13-6-14-23-45/h3-13,15-22,24-39H,1-2H3. The van der Waals surface area contributed by atoms with Crippen molar-refractivity contribution in [3.63, 3.8) is 0 Å². The maximum atomic E-state index is 3.40. The van der Waals surface area contributed by atoms with Crippen LogP contribution >= 0.6 is 0 Å². The second kappa shape index (κ2) is 15.0. The lowest BCUT2D eigenvalue weighted by Gasteiger charge is -2.44. The highest BCUT2D eigenvalue weighted by Crippen LogP contribution is 2.47. The van der Waals surface area contributed by atoms with E-state index in [1.807, 2.05) is 12.1 Å². The molecule has 2 aliphatic rings. The zero-order chi connectivity index (χ0) is 40.9. The van der Waals surface area contributed by atoms with Crippen LogP contribution < -0.4 is 36.0 Å². The molecule has 0 atom stereocenters. The minimum atomic E-state index is -0.0357. The number of aryl methyl sites for hydroxylation is 2. The average Bonchev–Trinajstić information content (AvgIpc) is 3.31. The summed E-state index contributed by atoms with van der Waals surface area (Å²) in [5.41, 5.74) is 19.5. The van der Waals surface area contributed by atoms with E-state index in [-0.39, 0.29) is 6.71 Å².